The molecule has 1 aliphatic carbocycles. The molecule has 27 heavy (non-hydrogen) atoms. The van der Waals surface area contributed by atoms with Crippen molar-refractivity contribution in [3.8, 4) is 0 Å². The summed E-state index contributed by atoms with van der Waals surface area (Å²) in [6, 6.07) is 7.29. The molecular weight excluding hydrogens is 346 g/mol. The Hall–Kier alpha value is -2.83. The zero-order valence-corrected chi connectivity index (χ0v) is 15.1. The molecular formula is C20H23N3O4. The highest BCUT2D eigenvalue weighted by molar-refractivity contribution is 5.96. The minimum atomic E-state index is -0.896. The maximum absolute atomic E-state index is 12.7. The molecule has 0 radical (unpaired) electrons. The van der Waals surface area contributed by atoms with Crippen molar-refractivity contribution in [3.63, 3.8) is 0 Å². The molecule has 1 aromatic heterocycles. The summed E-state index contributed by atoms with van der Waals surface area (Å²) >= 11 is 0. The molecule has 2 fully saturated rings. The Morgan fingerprint density at radius 1 is 1.11 bits per heavy atom. The highest BCUT2D eigenvalue weighted by Crippen LogP contribution is 2.32. The van der Waals surface area contributed by atoms with Gasteiger partial charge in [-0.2, -0.15) is 0 Å². The molecule has 1 aliphatic heterocycles. The van der Waals surface area contributed by atoms with Crippen LogP contribution in [0.3, 0.4) is 0 Å². The number of carboxylic acid groups (broad SMARTS) is 1. The monoisotopic (exact) mass is 369 g/mol. The Morgan fingerprint density at radius 2 is 1.93 bits per heavy atom. The zero-order valence-electron chi connectivity index (χ0n) is 15.1. The lowest BCUT2D eigenvalue weighted by atomic mass is 9.96. The molecule has 2 N–H and O–H groups in total. The fourth-order valence-electron chi connectivity index (χ4n) is 3.79. The van der Waals surface area contributed by atoms with E-state index in [9.17, 15) is 14.4 Å². The first kappa shape index (κ1) is 17.6. The Balaban J connectivity index is 1.42. The number of nitrogens with one attached hydrogen (secondary N) is 1. The lowest BCUT2D eigenvalue weighted by molar-refractivity contribution is -0.138. The standard InChI is InChI=1S/C20H23N3O4/c24-18(25)12-22-9-7-14-10-16(5-6-17(14)22)21-19(26)15-2-1-8-23(11-15)20(27)13-3-4-13/h5-7,9-10,13,15H,1-4,8,11-12H2,(H,21,26)(H,24,25). The topological polar surface area (TPSA) is 91.6 Å². The van der Waals surface area contributed by atoms with E-state index in [-0.39, 0.29) is 30.2 Å². The SMILES string of the molecule is O=C(O)Cn1ccc2cc(NC(=O)C3CCCN(C(=O)C4CC4)C3)ccc21. The summed E-state index contributed by atoms with van der Waals surface area (Å²) in [7, 11) is 0. The van der Waals surface area contributed by atoms with Crippen LogP contribution in [0.1, 0.15) is 25.7 Å². The second-order valence-electron chi connectivity index (χ2n) is 7.50. The molecule has 2 aromatic rings. The maximum atomic E-state index is 12.7. The molecule has 1 aromatic carbocycles. The smallest absolute Gasteiger partial charge is 0.323 e. The lowest BCUT2D eigenvalue weighted by Gasteiger charge is -2.32. The molecule has 2 aliphatic rings. The van der Waals surface area contributed by atoms with Crippen molar-refractivity contribution in [1.29, 1.82) is 0 Å². The number of fused-ring (bicyclic) bond motifs is 1. The van der Waals surface area contributed by atoms with Gasteiger partial charge >= 0.3 is 5.97 Å². The Kier molecular flexibility index (Phi) is 4.59. The molecule has 142 valence electrons. The molecule has 4 rings (SSSR count). The third-order valence-corrected chi connectivity index (χ3v) is 5.37. The van der Waals surface area contributed by atoms with Gasteiger partial charge < -0.3 is 19.9 Å². The number of piperidine rings is 1. The molecule has 7 heteroatoms. The predicted octanol–water partition coefficient (Wildman–Crippen LogP) is 2.31. The molecule has 1 unspecified atom stereocenters. The van der Waals surface area contributed by atoms with Crippen LogP contribution < -0.4 is 5.32 Å². The van der Waals surface area contributed by atoms with Gasteiger partial charge in [-0.15, -0.1) is 0 Å². The lowest BCUT2D eigenvalue weighted by Crippen LogP contribution is -2.44. The van der Waals surface area contributed by atoms with E-state index in [1.165, 1.54) is 0 Å². The van der Waals surface area contributed by atoms with Gasteiger partial charge in [0.25, 0.3) is 0 Å². The van der Waals surface area contributed by atoms with E-state index in [4.69, 9.17) is 5.11 Å². The van der Waals surface area contributed by atoms with Crippen LogP contribution in [0.4, 0.5) is 5.69 Å². The minimum absolute atomic E-state index is 0.0624. The fourth-order valence-corrected chi connectivity index (χ4v) is 3.79. The summed E-state index contributed by atoms with van der Waals surface area (Å²) in [6.45, 7) is 1.16. The van der Waals surface area contributed by atoms with Gasteiger partial charge in [0.1, 0.15) is 6.54 Å². The van der Waals surface area contributed by atoms with Gasteiger partial charge in [-0.25, -0.2) is 0 Å². The largest absolute Gasteiger partial charge is 0.480 e. The van der Waals surface area contributed by atoms with Gasteiger partial charge in [-0.1, -0.05) is 0 Å². The van der Waals surface area contributed by atoms with Gasteiger partial charge in [-0.05, 0) is 49.9 Å². The van der Waals surface area contributed by atoms with Crippen LogP contribution in [0, 0.1) is 11.8 Å². The van der Waals surface area contributed by atoms with E-state index in [1.54, 1.807) is 16.8 Å². The van der Waals surface area contributed by atoms with Crippen molar-refractivity contribution in [2.45, 2.75) is 32.2 Å². The first-order chi connectivity index (χ1) is 13.0. The third kappa shape index (κ3) is 3.82. The van der Waals surface area contributed by atoms with Crippen LogP contribution in [-0.2, 0) is 20.9 Å². The number of nitrogens with zero attached hydrogens (tertiary/aromatic N) is 2. The summed E-state index contributed by atoms with van der Waals surface area (Å²) in [6.07, 6.45) is 5.33. The Bertz CT molecular complexity index is 900. The quantitative estimate of drug-likeness (QED) is 0.846. The van der Waals surface area contributed by atoms with Crippen molar-refractivity contribution < 1.29 is 19.5 Å². The Morgan fingerprint density at radius 3 is 2.67 bits per heavy atom. The zero-order chi connectivity index (χ0) is 19.0. The van der Waals surface area contributed by atoms with E-state index >= 15 is 0 Å². The van der Waals surface area contributed by atoms with Gasteiger partial charge in [-0.3, -0.25) is 14.4 Å². The van der Waals surface area contributed by atoms with Crippen LogP contribution in [0.2, 0.25) is 0 Å². The minimum Gasteiger partial charge on any atom is -0.480 e. The maximum Gasteiger partial charge on any atom is 0.323 e. The van der Waals surface area contributed by atoms with E-state index in [0.29, 0.717) is 12.2 Å². The van der Waals surface area contributed by atoms with Gasteiger partial charge in [0.2, 0.25) is 11.8 Å². The average Bonchev–Trinajstić information content (AvgIpc) is 3.43. The molecule has 1 saturated carbocycles. The second kappa shape index (κ2) is 7.06. The second-order valence-corrected chi connectivity index (χ2v) is 7.50. The fraction of sp³-hybridized carbons (Fsp3) is 0.450. The Labute approximate surface area is 156 Å². The van der Waals surface area contributed by atoms with Gasteiger partial charge in [0.15, 0.2) is 0 Å². The average molecular weight is 369 g/mol. The third-order valence-electron chi connectivity index (χ3n) is 5.37. The molecule has 1 atom stereocenters. The van der Waals surface area contributed by atoms with Crippen molar-refractivity contribution in [1.82, 2.24) is 9.47 Å². The number of carbonyl (C=O) groups is 3. The molecule has 2 heterocycles. The van der Waals surface area contributed by atoms with E-state index in [2.05, 4.69) is 5.32 Å². The summed E-state index contributed by atoms with van der Waals surface area (Å²) < 4.78 is 1.66. The number of likely N-dealkylation sites (tertiary alicyclic amines) is 1. The van der Waals surface area contributed by atoms with Crippen LogP contribution in [0.25, 0.3) is 10.9 Å². The highest BCUT2D eigenvalue weighted by atomic mass is 16.4. The van der Waals surface area contributed by atoms with Crippen molar-refractivity contribution in [2.75, 3.05) is 18.4 Å². The van der Waals surface area contributed by atoms with Gasteiger partial charge in [0.05, 0.1) is 5.92 Å². The van der Waals surface area contributed by atoms with Crippen LogP contribution >= 0.6 is 0 Å². The first-order valence-electron chi connectivity index (χ1n) is 9.41. The number of anilines is 1. The number of amides is 2. The summed E-state index contributed by atoms with van der Waals surface area (Å²) in [5.41, 5.74) is 1.50. The molecule has 1 saturated heterocycles. The molecule has 2 amide bonds. The van der Waals surface area contributed by atoms with E-state index in [0.717, 1.165) is 43.1 Å². The number of carboxylic acids is 1. The number of aromatic nitrogens is 1. The highest BCUT2D eigenvalue weighted by Gasteiger charge is 2.36. The van der Waals surface area contributed by atoms with Crippen molar-refractivity contribution in [3.05, 3.63) is 30.5 Å². The number of hydrogen-bond donors (Lipinski definition) is 2. The van der Waals surface area contributed by atoms with E-state index < -0.39 is 5.97 Å². The first-order valence-corrected chi connectivity index (χ1v) is 9.41. The van der Waals surface area contributed by atoms with Crippen LogP contribution in [-0.4, -0.2) is 45.4 Å². The summed E-state index contributed by atoms with van der Waals surface area (Å²) in [5, 5.41) is 12.8. The number of aliphatic carboxylic acids is 1. The van der Waals surface area contributed by atoms with E-state index in [1.807, 2.05) is 23.1 Å². The molecule has 7 nitrogen and oxygen atoms in total. The van der Waals surface area contributed by atoms with Crippen molar-refractivity contribution in [2.24, 2.45) is 11.8 Å². The van der Waals surface area contributed by atoms with Crippen molar-refractivity contribution >= 4 is 34.4 Å². The molecule has 0 spiro atoms. The number of hydrogen-bond acceptors (Lipinski definition) is 3. The summed E-state index contributed by atoms with van der Waals surface area (Å²) in [5.74, 6) is -0.758. The van der Waals surface area contributed by atoms with Crippen LogP contribution in [0.5, 0.6) is 0 Å². The number of carbonyl (C=O) groups excluding carboxylic acids is 2. The normalized spacial score (nSPS) is 19.9. The molecule has 0 bridgehead atoms. The summed E-state index contributed by atoms with van der Waals surface area (Å²) in [4.78, 5) is 37.7. The number of rotatable bonds is 5. The van der Waals surface area contributed by atoms with Gasteiger partial charge in [0, 0.05) is 41.8 Å². The van der Waals surface area contributed by atoms with Crippen LogP contribution in [0.15, 0.2) is 30.5 Å². The predicted molar refractivity (Wildman–Crippen MR) is 100 cm³/mol. The number of benzene rings is 1.